The number of hydrogen-bond donors (Lipinski definition) is 1. The van der Waals surface area contributed by atoms with Gasteiger partial charge in [0, 0.05) is 11.6 Å². The fraction of sp³-hybridized carbons (Fsp3) is 0.429. The minimum atomic E-state index is -0.967. The predicted octanol–water partition coefficient (Wildman–Crippen LogP) is 3.46. The molecule has 0 saturated carbocycles. The molecule has 1 fully saturated rings. The summed E-state index contributed by atoms with van der Waals surface area (Å²) in [5, 5.41) is 9.98. The Morgan fingerprint density at radius 3 is 2.60 bits per heavy atom. The van der Waals surface area contributed by atoms with Gasteiger partial charge < -0.3 is 10.0 Å². The number of amides is 1. The van der Waals surface area contributed by atoms with Gasteiger partial charge in [0.05, 0.1) is 10.6 Å². The number of rotatable bonds is 2. The normalized spacial score (nSPS) is 19.5. The number of likely N-dealkylation sites (tertiary alicyclic amines) is 1. The van der Waals surface area contributed by atoms with E-state index < -0.39 is 12.0 Å². The van der Waals surface area contributed by atoms with Gasteiger partial charge in [0.1, 0.15) is 6.04 Å². The molecule has 1 N–H and O–H groups in total. The molecule has 108 valence electrons. The Balaban J connectivity index is 2.31. The maximum Gasteiger partial charge on any atom is 0.326 e. The highest BCUT2D eigenvalue weighted by molar-refractivity contribution is 6.36. The van der Waals surface area contributed by atoms with Crippen molar-refractivity contribution < 1.29 is 14.7 Å². The van der Waals surface area contributed by atoms with Crippen molar-refractivity contribution in [3.05, 3.63) is 33.8 Å². The van der Waals surface area contributed by atoms with Gasteiger partial charge >= 0.3 is 5.97 Å². The molecule has 0 radical (unpaired) electrons. The van der Waals surface area contributed by atoms with Crippen molar-refractivity contribution in [3.63, 3.8) is 0 Å². The second kappa shape index (κ2) is 6.46. The number of nitrogens with zero attached hydrogens (tertiary/aromatic N) is 1. The van der Waals surface area contributed by atoms with Gasteiger partial charge in [0.2, 0.25) is 0 Å². The molecular formula is C14H15Cl2NO3. The van der Waals surface area contributed by atoms with Crippen molar-refractivity contribution in [2.75, 3.05) is 6.54 Å². The quantitative estimate of drug-likeness (QED) is 0.909. The second-order valence-electron chi connectivity index (χ2n) is 4.83. The summed E-state index contributed by atoms with van der Waals surface area (Å²) in [6, 6.07) is 3.83. The Kier molecular flexibility index (Phi) is 4.89. The van der Waals surface area contributed by atoms with E-state index in [0.717, 1.165) is 19.3 Å². The lowest BCUT2D eigenvalue weighted by molar-refractivity contribution is -0.142. The van der Waals surface area contributed by atoms with Crippen molar-refractivity contribution in [2.45, 2.75) is 31.7 Å². The molecule has 0 aliphatic carbocycles. The van der Waals surface area contributed by atoms with Crippen LogP contribution >= 0.6 is 23.2 Å². The Labute approximate surface area is 127 Å². The topological polar surface area (TPSA) is 57.6 Å². The van der Waals surface area contributed by atoms with E-state index in [4.69, 9.17) is 23.2 Å². The van der Waals surface area contributed by atoms with Crippen LogP contribution in [0.25, 0.3) is 0 Å². The first-order valence-corrected chi connectivity index (χ1v) is 7.25. The number of aliphatic carboxylic acids is 1. The van der Waals surface area contributed by atoms with E-state index in [1.54, 1.807) is 6.07 Å². The first-order chi connectivity index (χ1) is 9.50. The molecule has 1 atom stereocenters. The van der Waals surface area contributed by atoms with Crippen molar-refractivity contribution in [2.24, 2.45) is 0 Å². The minimum absolute atomic E-state index is 0.246. The number of halogens is 2. The predicted molar refractivity (Wildman–Crippen MR) is 77.4 cm³/mol. The monoisotopic (exact) mass is 315 g/mol. The van der Waals surface area contributed by atoms with Crippen LogP contribution < -0.4 is 0 Å². The molecule has 0 bridgehead atoms. The third-order valence-corrected chi connectivity index (χ3v) is 4.01. The Morgan fingerprint density at radius 2 is 1.95 bits per heavy atom. The van der Waals surface area contributed by atoms with Gasteiger partial charge in [0.25, 0.3) is 5.91 Å². The van der Waals surface area contributed by atoms with E-state index in [-0.39, 0.29) is 10.9 Å². The number of benzene rings is 1. The third-order valence-electron chi connectivity index (χ3n) is 3.46. The second-order valence-corrected chi connectivity index (χ2v) is 5.67. The molecule has 0 aromatic heterocycles. The number of carbonyl (C=O) groups is 2. The van der Waals surface area contributed by atoms with Crippen LogP contribution in [0.4, 0.5) is 0 Å². The van der Waals surface area contributed by atoms with Crippen LogP contribution in [0.5, 0.6) is 0 Å². The molecule has 20 heavy (non-hydrogen) atoms. The lowest BCUT2D eigenvalue weighted by Crippen LogP contribution is -2.44. The van der Waals surface area contributed by atoms with Crippen LogP contribution in [0.15, 0.2) is 18.2 Å². The first-order valence-electron chi connectivity index (χ1n) is 6.49. The van der Waals surface area contributed by atoms with Crippen molar-refractivity contribution >= 4 is 35.1 Å². The van der Waals surface area contributed by atoms with Crippen LogP contribution in [0.3, 0.4) is 0 Å². The van der Waals surface area contributed by atoms with Crippen LogP contribution in [0.2, 0.25) is 10.0 Å². The molecule has 1 aromatic rings. The zero-order chi connectivity index (χ0) is 14.7. The van der Waals surface area contributed by atoms with Gasteiger partial charge in [0.15, 0.2) is 0 Å². The van der Waals surface area contributed by atoms with Gasteiger partial charge in [-0.1, -0.05) is 36.0 Å². The Hall–Kier alpha value is -1.26. The zero-order valence-corrected chi connectivity index (χ0v) is 12.3. The molecular weight excluding hydrogens is 301 g/mol. The number of carboxylic acid groups (broad SMARTS) is 1. The molecule has 1 aliphatic heterocycles. The van der Waals surface area contributed by atoms with Crippen molar-refractivity contribution in [1.29, 1.82) is 0 Å². The van der Waals surface area contributed by atoms with Crippen LogP contribution in [-0.2, 0) is 4.79 Å². The number of hydrogen-bond acceptors (Lipinski definition) is 2. The smallest absolute Gasteiger partial charge is 0.326 e. The van der Waals surface area contributed by atoms with Crippen LogP contribution in [0, 0.1) is 0 Å². The maximum atomic E-state index is 12.5. The lowest BCUT2D eigenvalue weighted by Gasteiger charge is -2.27. The number of carboxylic acids is 1. The number of carbonyl (C=O) groups excluding carboxylic acids is 1. The van der Waals surface area contributed by atoms with E-state index >= 15 is 0 Å². The highest BCUT2D eigenvalue weighted by Crippen LogP contribution is 2.25. The molecule has 6 heteroatoms. The highest BCUT2D eigenvalue weighted by Gasteiger charge is 2.32. The summed E-state index contributed by atoms with van der Waals surface area (Å²) in [6.07, 6.45) is 3.03. The fourth-order valence-electron chi connectivity index (χ4n) is 2.43. The molecule has 1 saturated heterocycles. The van der Waals surface area contributed by atoms with E-state index in [2.05, 4.69) is 0 Å². The molecule has 1 unspecified atom stereocenters. The van der Waals surface area contributed by atoms with Crippen LogP contribution in [-0.4, -0.2) is 34.5 Å². The SMILES string of the molecule is O=C(O)C1CCCCCN1C(=O)c1ccc(Cl)cc1Cl. The van der Waals surface area contributed by atoms with E-state index in [1.165, 1.54) is 17.0 Å². The highest BCUT2D eigenvalue weighted by atomic mass is 35.5. The maximum absolute atomic E-state index is 12.5. The summed E-state index contributed by atoms with van der Waals surface area (Å²) in [6.45, 7) is 0.439. The first kappa shape index (κ1) is 15.1. The van der Waals surface area contributed by atoms with Gasteiger partial charge in [-0.05, 0) is 31.0 Å². The van der Waals surface area contributed by atoms with Gasteiger partial charge in [-0.2, -0.15) is 0 Å². The van der Waals surface area contributed by atoms with Gasteiger partial charge in [-0.3, -0.25) is 4.79 Å². The molecule has 1 amide bonds. The summed E-state index contributed by atoms with van der Waals surface area (Å²) in [7, 11) is 0. The summed E-state index contributed by atoms with van der Waals surface area (Å²) in [5.41, 5.74) is 0.296. The standard InChI is InChI=1S/C14H15Cl2NO3/c15-9-5-6-10(11(16)8-9)13(18)17-7-3-1-2-4-12(17)14(19)20/h5-6,8,12H,1-4,7H2,(H,19,20). The molecule has 4 nitrogen and oxygen atoms in total. The fourth-order valence-corrected chi connectivity index (χ4v) is 2.92. The molecule has 1 aromatic carbocycles. The third kappa shape index (κ3) is 3.25. The van der Waals surface area contributed by atoms with Crippen LogP contribution in [0.1, 0.15) is 36.0 Å². The van der Waals surface area contributed by atoms with Crippen molar-refractivity contribution in [1.82, 2.24) is 4.90 Å². The average Bonchev–Trinajstić information content (AvgIpc) is 2.63. The van der Waals surface area contributed by atoms with E-state index in [9.17, 15) is 14.7 Å². The summed E-state index contributed by atoms with van der Waals surface area (Å²) >= 11 is 11.8. The summed E-state index contributed by atoms with van der Waals surface area (Å²) < 4.78 is 0. The van der Waals surface area contributed by atoms with Gasteiger partial charge in [-0.25, -0.2) is 4.79 Å². The molecule has 1 heterocycles. The Morgan fingerprint density at radius 1 is 1.20 bits per heavy atom. The minimum Gasteiger partial charge on any atom is -0.480 e. The van der Waals surface area contributed by atoms with E-state index in [1.807, 2.05) is 0 Å². The summed E-state index contributed by atoms with van der Waals surface area (Å²) in [4.78, 5) is 25.3. The molecule has 0 spiro atoms. The molecule has 2 rings (SSSR count). The largest absolute Gasteiger partial charge is 0.480 e. The summed E-state index contributed by atoms with van der Waals surface area (Å²) in [5.74, 6) is -1.31. The molecule has 1 aliphatic rings. The van der Waals surface area contributed by atoms with Gasteiger partial charge in [-0.15, -0.1) is 0 Å². The van der Waals surface area contributed by atoms with E-state index in [0.29, 0.717) is 23.6 Å². The lowest BCUT2D eigenvalue weighted by atomic mass is 10.1. The Bertz CT molecular complexity index is 533. The zero-order valence-electron chi connectivity index (χ0n) is 10.8. The average molecular weight is 316 g/mol. The van der Waals surface area contributed by atoms with Crippen molar-refractivity contribution in [3.8, 4) is 0 Å².